The number of benzene rings is 1. The van der Waals surface area contributed by atoms with Gasteiger partial charge in [0.15, 0.2) is 0 Å². The molecular formula is C10H9F3N2O6. The zero-order chi connectivity index (χ0) is 16.8. The summed E-state index contributed by atoms with van der Waals surface area (Å²) in [5.74, 6) is -2.80. The summed E-state index contributed by atoms with van der Waals surface area (Å²) < 4.78 is 39.1. The van der Waals surface area contributed by atoms with E-state index < -0.39 is 40.2 Å². The second kappa shape index (κ2) is 7.07. The molecule has 0 aliphatic heterocycles. The van der Waals surface area contributed by atoms with E-state index >= 15 is 0 Å². The minimum Gasteiger partial charge on any atom is -0.481 e. The number of alkyl halides is 3. The lowest BCUT2D eigenvalue weighted by atomic mass is 10.1. The van der Waals surface area contributed by atoms with Crippen LogP contribution < -0.4 is 10.5 Å². The number of nitrogens with zero attached hydrogens (tertiary/aromatic N) is 1. The molecular weight excluding hydrogens is 301 g/mol. The van der Waals surface area contributed by atoms with Gasteiger partial charge in [0.05, 0.1) is 4.92 Å². The van der Waals surface area contributed by atoms with Gasteiger partial charge in [-0.3, -0.25) is 19.7 Å². The minimum absolute atomic E-state index is 0.563. The Hall–Kier alpha value is -2.85. The van der Waals surface area contributed by atoms with Crippen molar-refractivity contribution in [2.24, 2.45) is 5.73 Å². The molecule has 0 aliphatic rings. The summed E-state index contributed by atoms with van der Waals surface area (Å²) >= 11 is 0. The van der Waals surface area contributed by atoms with Gasteiger partial charge in [0.1, 0.15) is 11.3 Å². The quantitative estimate of drug-likeness (QED) is 0.644. The Balaban J connectivity index is 0.000000885. The van der Waals surface area contributed by atoms with Crippen molar-refractivity contribution in [2.45, 2.75) is 13.3 Å². The molecule has 0 fully saturated rings. The Morgan fingerprint density at radius 3 is 2.19 bits per heavy atom. The van der Waals surface area contributed by atoms with Gasteiger partial charge >= 0.3 is 6.36 Å². The third-order valence-electron chi connectivity index (χ3n) is 1.66. The molecule has 1 amide bonds. The third kappa shape index (κ3) is 7.34. The molecule has 1 aromatic rings. The fraction of sp³-hybridized carbons (Fsp3) is 0.200. The Labute approximate surface area is 115 Å². The molecule has 0 heterocycles. The van der Waals surface area contributed by atoms with E-state index in [1.165, 1.54) is 0 Å². The van der Waals surface area contributed by atoms with Gasteiger partial charge in [0.2, 0.25) is 0 Å². The van der Waals surface area contributed by atoms with Crippen molar-refractivity contribution in [3.8, 4) is 5.75 Å². The molecule has 0 aromatic heterocycles. The number of halogens is 3. The Kier molecular flexibility index (Phi) is 6.11. The fourth-order valence-electron chi connectivity index (χ4n) is 1.07. The minimum atomic E-state index is -4.95. The van der Waals surface area contributed by atoms with Crippen LogP contribution in [0.3, 0.4) is 0 Å². The first-order chi connectivity index (χ1) is 9.44. The molecule has 21 heavy (non-hydrogen) atoms. The van der Waals surface area contributed by atoms with Gasteiger partial charge in [-0.1, -0.05) is 0 Å². The zero-order valence-corrected chi connectivity index (χ0v) is 10.4. The van der Waals surface area contributed by atoms with E-state index in [0.717, 1.165) is 13.0 Å². The molecule has 116 valence electrons. The summed E-state index contributed by atoms with van der Waals surface area (Å²) in [5.41, 5.74) is 3.46. The molecule has 0 spiro atoms. The van der Waals surface area contributed by atoms with Crippen LogP contribution in [0, 0.1) is 10.1 Å². The van der Waals surface area contributed by atoms with E-state index in [-0.39, 0.29) is 0 Å². The molecule has 0 saturated heterocycles. The standard InChI is InChI=1S/C8H5F3N2O4.C2H4O2/c9-8(10,11)17-4-1-2-6(13(15)16)5(3-4)7(12)14;1-2(3)4/h1-3H,(H2,12,14);1H3,(H,3,4). The number of carboxylic acids is 1. The molecule has 1 aromatic carbocycles. The number of nitro benzene ring substituents is 1. The molecule has 11 heteroatoms. The van der Waals surface area contributed by atoms with Gasteiger partial charge in [-0.05, 0) is 6.07 Å². The van der Waals surface area contributed by atoms with Crippen molar-refractivity contribution in [1.29, 1.82) is 0 Å². The monoisotopic (exact) mass is 310 g/mol. The SMILES string of the molecule is CC(=O)O.NC(=O)c1cc(OC(F)(F)F)ccc1[N+](=O)[O-]. The first kappa shape index (κ1) is 18.1. The van der Waals surface area contributed by atoms with Crippen LogP contribution in [0.2, 0.25) is 0 Å². The zero-order valence-electron chi connectivity index (χ0n) is 10.4. The van der Waals surface area contributed by atoms with E-state index in [1.54, 1.807) is 0 Å². The summed E-state index contributed by atoms with van der Waals surface area (Å²) in [6.07, 6.45) is -4.95. The van der Waals surface area contributed by atoms with Crippen molar-refractivity contribution in [1.82, 2.24) is 0 Å². The van der Waals surface area contributed by atoms with Gasteiger partial charge in [0, 0.05) is 19.1 Å². The number of ether oxygens (including phenoxy) is 1. The smallest absolute Gasteiger partial charge is 0.481 e. The molecule has 0 bridgehead atoms. The molecule has 1 rings (SSSR count). The van der Waals surface area contributed by atoms with Crippen LogP contribution in [0.4, 0.5) is 18.9 Å². The second-order valence-electron chi connectivity index (χ2n) is 3.37. The number of amides is 1. The maximum atomic E-state index is 11.9. The predicted octanol–water partition coefficient (Wildman–Crippen LogP) is 1.68. The van der Waals surface area contributed by atoms with Crippen molar-refractivity contribution < 1.29 is 37.5 Å². The first-order valence-corrected chi connectivity index (χ1v) is 4.97. The molecule has 3 N–H and O–H groups in total. The van der Waals surface area contributed by atoms with Crippen molar-refractivity contribution >= 4 is 17.6 Å². The number of carbonyl (C=O) groups is 2. The lowest BCUT2D eigenvalue weighted by molar-refractivity contribution is -0.385. The number of nitro groups is 1. The number of hydrogen-bond acceptors (Lipinski definition) is 5. The topological polar surface area (TPSA) is 133 Å². The number of aliphatic carboxylic acids is 1. The molecule has 0 atom stereocenters. The van der Waals surface area contributed by atoms with Crippen molar-refractivity contribution in [3.63, 3.8) is 0 Å². The third-order valence-corrected chi connectivity index (χ3v) is 1.66. The van der Waals surface area contributed by atoms with Crippen LogP contribution in [-0.4, -0.2) is 28.3 Å². The van der Waals surface area contributed by atoms with E-state index in [1.807, 2.05) is 0 Å². The van der Waals surface area contributed by atoms with Gasteiger partial charge in [-0.15, -0.1) is 13.2 Å². The molecule has 0 unspecified atom stereocenters. The lowest BCUT2D eigenvalue weighted by Gasteiger charge is -2.09. The molecule has 0 radical (unpaired) electrons. The average Bonchev–Trinajstić information content (AvgIpc) is 2.25. The number of rotatable bonds is 3. The Morgan fingerprint density at radius 2 is 1.86 bits per heavy atom. The van der Waals surface area contributed by atoms with E-state index in [9.17, 15) is 28.1 Å². The summed E-state index contributed by atoms with van der Waals surface area (Å²) in [6, 6.07) is 1.99. The van der Waals surface area contributed by atoms with Crippen LogP contribution in [0.1, 0.15) is 17.3 Å². The molecule has 8 nitrogen and oxygen atoms in total. The lowest BCUT2D eigenvalue weighted by Crippen LogP contribution is -2.18. The van der Waals surface area contributed by atoms with Crippen molar-refractivity contribution in [3.05, 3.63) is 33.9 Å². The van der Waals surface area contributed by atoms with Crippen LogP contribution in [0.15, 0.2) is 18.2 Å². The highest BCUT2D eigenvalue weighted by Crippen LogP contribution is 2.27. The van der Waals surface area contributed by atoms with E-state index in [2.05, 4.69) is 4.74 Å². The first-order valence-electron chi connectivity index (χ1n) is 4.97. The van der Waals surface area contributed by atoms with E-state index in [4.69, 9.17) is 15.6 Å². The van der Waals surface area contributed by atoms with Crippen LogP contribution in [0.5, 0.6) is 5.75 Å². The van der Waals surface area contributed by atoms with Gasteiger partial charge in [0.25, 0.3) is 17.6 Å². The molecule has 0 saturated carbocycles. The van der Waals surface area contributed by atoms with Crippen LogP contribution >= 0.6 is 0 Å². The average molecular weight is 310 g/mol. The van der Waals surface area contributed by atoms with Crippen LogP contribution in [0.25, 0.3) is 0 Å². The second-order valence-corrected chi connectivity index (χ2v) is 3.37. The molecule has 0 aliphatic carbocycles. The van der Waals surface area contributed by atoms with Gasteiger partial charge < -0.3 is 15.6 Å². The van der Waals surface area contributed by atoms with Gasteiger partial charge in [-0.2, -0.15) is 0 Å². The number of carbonyl (C=O) groups excluding carboxylic acids is 1. The highest BCUT2D eigenvalue weighted by Gasteiger charge is 2.32. The number of nitrogens with two attached hydrogens (primary N) is 1. The van der Waals surface area contributed by atoms with Crippen LogP contribution in [-0.2, 0) is 4.79 Å². The summed E-state index contributed by atoms with van der Waals surface area (Å²) in [7, 11) is 0. The highest BCUT2D eigenvalue weighted by molar-refractivity contribution is 5.97. The highest BCUT2D eigenvalue weighted by atomic mass is 19.4. The largest absolute Gasteiger partial charge is 0.573 e. The number of primary amides is 1. The number of hydrogen-bond donors (Lipinski definition) is 2. The predicted molar refractivity (Wildman–Crippen MR) is 61.6 cm³/mol. The maximum absolute atomic E-state index is 11.9. The summed E-state index contributed by atoms with van der Waals surface area (Å²) in [4.78, 5) is 29.3. The normalized spacial score (nSPS) is 10.1. The summed E-state index contributed by atoms with van der Waals surface area (Å²) in [5, 5.41) is 17.9. The Bertz CT molecular complexity index is 554. The maximum Gasteiger partial charge on any atom is 0.573 e. The van der Waals surface area contributed by atoms with E-state index in [0.29, 0.717) is 12.1 Å². The fourth-order valence-corrected chi connectivity index (χ4v) is 1.07. The number of carboxylic acid groups (broad SMARTS) is 1. The van der Waals surface area contributed by atoms with Crippen molar-refractivity contribution in [2.75, 3.05) is 0 Å². The van der Waals surface area contributed by atoms with Gasteiger partial charge in [-0.25, -0.2) is 0 Å². The summed E-state index contributed by atoms with van der Waals surface area (Å²) in [6.45, 7) is 1.08. The Morgan fingerprint density at radius 1 is 1.38 bits per heavy atom.